The summed E-state index contributed by atoms with van der Waals surface area (Å²) in [7, 11) is 2.57. The normalized spacial score (nSPS) is 10.9. The molecule has 7 nitrogen and oxygen atoms in total. The predicted octanol–water partition coefficient (Wildman–Crippen LogP) is 4.31. The van der Waals surface area contributed by atoms with Crippen LogP contribution in [-0.4, -0.2) is 39.3 Å². The van der Waals surface area contributed by atoms with Gasteiger partial charge in [0.15, 0.2) is 18.1 Å². The Hall–Kier alpha value is -3.43. The number of nitrogens with one attached hydrogen (secondary N) is 1. The minimum absolute atomic E-state index is 0.0690. The second-order valence-electron chi connectivity index (χ2n) is 6.24. The first kappa shape index (κ1) is 23.8. The number of rotatable bonds is 9. The van der Waals surface area contributed by atoms with Gasteiger partial charge in [0, 0.05) is 5.56 Å². The first-order chi connectivity index (χ1) is 14.7. The van der Waals surface area contributed by atoms with Crippen LogP contribution in [0.3, 0.4) is 0 Å². The smallest absolute Gasteiger partial charge is 0.416 e. The SMILES string of the molecule is CCCOc1ccc(C(F)(F)F)cc1NC(=O)c1ccc(OC)c(OCC(=O)OC)c1. The molecule has 1 N–H and O–H groups in total. The molecule has 2 aromatic carbocycles. The molecule has 0 heterocycles. The zero-order chi connectivity index (χ0) is 23.0. The van der Waals surface area contributed by atoms with E-state index in [1.165, 1.54) is 32.4 Å². The average Bonchev–Trinajstić information content (AvgIpc) is 2.75. The van der Waals surface area contributed by atoms with Crippen molar-refractivity contribution in [2.24, 2.45) is 0 Å². The summed E-state index contributed by atoms with van der Waals surface area (Å²) >= 11 is 0. The minimum Gasteiger partial charge on any atom is -0.493 e. The fraction of sp³-hybridized carbons (Fsp3) is 0.333. The lowest BCUT2D eigenvalue weighted by molar-refractivity contribution is -0.143. The first-order valence-electron chi connectivity index (χ1n) is 9.22. The van der Waals surface area contributed by atoms with Gasteiger partial charge >= 0.3 is 12.1 Å². The highest BCUT2D eigenvalue weighted by Crippen LogP contribution is 2.36. The summed E-state index contributed by atoms with van der Waals surface area (Å²) in [5.74, 6) is -0.887. The molecule has 10 heteroatoms. The van der Waals surface area contributed by atoms with Crippen molar-refractivity contribution in [3.63, 3.8) is 0 Å². The van der Waals surface area contributed by atoms with Crippen LogP contribution in [0.4, 0.5) is 18.9 Å². The lowest BCUT2D eigenvalue weighted by Gasteiger charge is -2.16. The number of amides is 1. The van der Waals surface area contributed by atoms with E-state index in [0.29, 0.717) is 6.42 Å². The average molecular weight is 441 g/mol. The quantitative estimate of drug-likeness (QED) is 0.584. The van der Waals surface area contributed by atoms with Crippen LogP contribution in [0.25, 0.3) is 0 Å². The van der Waals surface area contributed by atoms with Crippen LogP contribution in [0.5, 0.6) is 17.2 Å². The summed E-state index contributed by atoms with van der Waals surface area (Å²) in [5, 5.41) is 2.44. The molecule has 2 rings (SSSR count). The topological polar surface area (TPSA) is 83.1 Å². The summed E-state index contributed by atoms with van der Waals surface area (Å²) in [6, 6.07) is 6.99. The van der Waals surface area contributed by atoms with Gasteiger partial charge in [0.1, 0.15) is 5.75 Å². The van der Waals surface area contributed by atoms with Crippen molar-refractivity contribution in [2.75, 3.05) is 32.8 Å². The molecule has 0 fully saturated rings. The molecule has 0 aliphatic carbocycles. The molecule has 0 aliphatic rings. The standard InChI is InChI=1S/C21H22F3NO6/c1-4-9-30-16-8-6-14(21(22,23)24)11-15(16)25-20(27)13-5-7-17(28-2)18(10-13)31-12-19(26)29-3/h5-8,10-11H,4,9,12H2,1-3H3,(H,25,27). The van der Waals surface area contributed by atoms with Crippen LogP contribution in [0.15, 0.2) is 36.4 Å². The second kappa shape index (κ2) is 10.6. The van der Waals surface area contributed by atoms with Gasteiger partial charge in [0.2, 0.25) is 0 Å². The summed E-state index contributed by atoms with van der Waals surface area (Å²) in [6.45, 7) is 1.69. The minimum atomic E-state index is -4.59. The summed E-state index contributed by atoms with van der Waals surface area (Å²) in [4.78, 5) is 24.0. The van der Waals surface area contributed by atoms with Gasteiger partial charge in [0.25, 0.3) is 5.91 Å². The Bertz CT molecular complexity index is 930. The third-order valence-electron chi connectivity index (χ3n) is 4.02. The van der Waals surface area contributed by atoms with Crippen LogP contribution in [0, 0.1) is 0 Å². The van der Waals surface area contributed by atoms with Crippen LogP contribution < -0.4 is 19.5 Å². The van der Waals surface area contributed by atoms with Gasteiger partial charge in [-0.25, -0.2) is 4.79 Å². The van der Waals surface area contributed by atoms with E-state index in [2.05, 4.69) is 10.1 Å². The number of carbonyl (C=O) groups excluding carboxylic acids is 2. The third kappa shape index (κ3) is 6.53. The second-order valence-corrected chi connectivity index (χ2v) is 6.24. The molecule has 0 radical (unpaired) electrons. The van der Waals surface area contributed by atoms with Gasteiger partial charge in [-0.05, 0) is 42.8 Å². The van der Waals surface area contributed by atoms with Crippen molar-refractivity contribution in [2.45, 2.75) is 19.5 Å². The van der Waals surface area contributed by atoms with Crippen molar-refractivity contribution in [1.29, 1.82) is 0 Å². The van der Waals surface area contributed by atoms with E-state index in [1.54, 1.807) is 0 Å². The molecular formula is C21H22F3NO6. The molecule has 0 atom stereocenters. The molecule has 0 aliphatic heterocycles. The van der Waals surface area contributed by atoms with Gasteiger partial charge in [0.05, 0.1) is 32.1 Å². The van der Waals surface area contributed by atoms with Crippen molar-refractivity contribution < 1.29 is 41.7 Å². The van der Waals surface area contributed by atoms with E-state index in [0.717, 1.165) is 18.2 Å². The van der Waals surface area contributed by atoms with Gasteiger partial charge < -0.3 is 24.3 Å². The van der Waals surface area contributed by atoms with Crippen molar-refractivity contribution >= 4 is 17.6 Å². The van der Waals surface area contributed by atoms with Gasteiger partial charge in [-0.1, -0.05) is 6.92 Å². The molecule has 0 unspecified atom stereocenters. The third-order valence-corrected chi connectivity index (χ3v) is 4.02. The Balaban J connectivity index is 2.31. The lowest BCUT2D eigenvalue weighted by atomic mass is 10.1. The Kier molecular flexibility index (Phi) is 8.12. The molecule has 1 amide bonds. The maximum atomic E-state index is 13.1. The highest BCUT2D eigenvalue weighted by Gasteiger charge is 2.31. The van der Waals surface area contributed by atoms with E-state index in [4.69, 9.17) is 14.2 Å². The highest BCUT2D eigenvalue weighted by molar-refractivity contribution is 6.05. The number of anilines is 1. The molecule has 31 heavy (non-hydrogen) atoms. The predicted molar refractivity (Wildman–Crippen MR) is 106 cm³/mol. The Labute approximate surface area is 177 Å². The molecular weight excluding hydrogens is 419 g/mol. The fourth-order valence-corrected chi connectivity index (χ4v) is 2.46. The van der Waals surface area contributed by atoms with Gasteiger partial charge in [-0.15, -0.1) is 0 Å². The van der Waals surface area contributed by atoms with E-state index in [1.807, 2.05) is 6.92 Å². The number of alkyl halides is 3. The van der Waals surface area contributed by atoms with E-state index >= 15 is 0 Å². The van der Waals surface area contributed by atoms with Gasteiger partial charge in [-0.2, -0.15) is 13.2 Å². The summed E-state index contributed by atoms with van der Waals surface area (Å²) in [6.07, 6.45) is -3.95. The molecule has 2 aromatic rings. The van der Waals surface area contributed by atoms with E-state index < -0.39 is 30.2 Å². The van der Waals surface area contributed by atoms with Crippen molar-refractivity contribution in [1.82, 2.24) is 0 Å². The van der Waals surface area contributed by atoms with Crippen LogP contribution in [0.2, 0.25) is 0 Å². The number of esters is 1. The number of ether oxygens (including phenoxy) is 4. The number of hydrogen-bond donors (Lipinski definition) is 1. The van der Waals surface area contributed by atoms with Crippen molar-refractivity contribution in [3.05, 3.63) is 47.5 Å². The number of carbonyl (C=O) groups is 2. The Morgan fingerprint density at radius 1 is 0.968 bits per heavy atom. The lowest BCUT2D eigenvalue weighted by Crippen LogP contribution is -2.16. The van der Waals surface area contributed by atoms with E-state index in [9.17, 15) is 22.8 Å². The molecule has 0 spiro atoms. The number of benzene rings is 2. The molecule has 0 saturated carbocycles. The molecule has 0 saturated heterocycles. The zero-order valence-corrected chi connectivity index (χ0v) is 17.2. The highest BCUT2D eigenvalue weighted by atomic mass is 19.4. The van der Waals surface area contributed by atoms with Crippen molar-refractivity contribution in [3.8, 4) is 17.2 Å². The maximum absolute atomic E-state index is 13.1. The maximum Gasteiger partial charge on any atom is 0.416 e. The zero-order valence-electron chi connectivity index (χ0n) is 17.2. The number of halogens is 3. The number of hydrogen-bond acceptors (Lipinski definition) is 6. The van der Waals surface area contributed by atoms with Crippen LogP contribution in [-0.2, 0) is 15.7 Å². The summed E-state index contributed by atoms with van der Waals surface area (Å²) < 4.78 is 59.7. The first-order valence-corrected chi connectivity index (χ1v) is 9.22. The monoisotopic (exact) mass is 441 g/mol. The van der Waals surface area contributed by atoms with Crippen LogP contribution >= 0.6 is 0 Å². The van der Waals surface area contributed by atoms with Crippen LogP contribution in [0.1, 0.15) is 29.3 Å². The van der Waals surface area contributed by atoms with E-state index in [-0.39, 0.29) is 35.1 Å². The van der Waals surface area contributed by atoms with Gasteiger partial charge in [-0.3, -0.25) is 4.79 Å². The Morgan fingerprint density at radius 3 is 2.29 bits per heavy atom. The summed E-state index contributed by atoms with van der Waals surface area (Å²) in [5.41, 5.74) is -0.982. The molecule has 0 aromatic heterocycles. The fourth-order valence-electron chi connectivity index (χ4n) is 2.46. The molecule has 0 bridgehead atoms. The largest absolute Gasteiger partial charge is 0.493 e. The Morgan fingerprint density at radius 2 is 1.68 bits per heavy atom. The number of methoxy groups -OCH3 is 2. The molecule has 168 valence electrons.